The summed E-state index contributed by atoms with van der Waals surface area (Å²) in [5.74, 6) is -2.51. The highest BCUT2D eigenvalue weighted by Gasteiger charge is 2.33. The van der Waals surface area contributed by atoms with Gasteiger partial charge in [-0.3, -0.25) is 15.0 Å². The number of carboxylic acid groups (broad SMARTS) is 1. The molecule has 3 rings (SSSR count). The van der Waals surface area contributed by atoms with E-state index >= 15 is 0 Å². The molecule has 0 aliphatic carbocycles. The molecule has 1 aliphatic heterocycles. The van der Waals surface area contributed by atoms with E-state index in [9.17, 15) is 19.5 Å². The topological polar surface area (TPSA) is 110 Å². The minimum atomic E-state index is -1.04. The molecular weight excluding hydrogens is 388 g/mol. The highest BCUT2D eigenvalue weighted by Crippen LogP contribution is 2.31. The molecule has 1 aliphatic rings. The van der Waals surface area contributed by atoms with Gasteiger partial charge in [0, 0.05) is 5.56 Å². The number of hydrogen-bond donors (Lipinski definition) is 2. The van der Waals surface area contributed by atoms with Crippen molar-refractivity contribution in [3.8, 4) is 5.75 Å². The van der Waals surface area contributed by atoms with Crippen LogP contribution in [0.15, 0.2) is 53.4 Å². The molecule has 0 bridgehead atoms. The Labute approximate surface area is 163 Å². The summed E-state index contributed by atoms with van der Waals surface area (Å²) >= 11 is 6.14. The maximum Gasteiger partial charge on any atom is 0.335 e. The molecule has 1 heterocycles. The molecular formula is C18H11N2O5S2-. The van der Waals surface area contributed by atoms with Crippen LogP contribution >= 0.6 is 24.0 Å². The maximum atomic E-state index is 12.5. The molecule has 0 aromatic heterocycles. The van der Waals surface area contributed by atoms with Crippen molar-refractivity contribution in [3.05, 3.63) is 70.1 Å². The first kappa shape index (κ1) is 18.6. The van der Waals surface area contributed by atoms with E-state index in [1.54, 1.807) is 18.2 Å². The van der Waals surface area contributed by atoms with Gasteiger partial charge in [-0.05, 0) is 42.1 Å². The molecule has 1 fully saturated rings. The molecule has 2 aromatic rings. The van der Waals surface area contributed by atoms with E-state index in [4.69, 9.17) is 17.3 Å². The number of hydrazine groups is 1. The summed E-state index contributed by atoms with van der Waals surface area (Å²) in [4.78, 5) is 35.9. The summed E-state index contributed by atoms with van der Waals surface area (Å²) in [5, 5.41) is 21.2. The number of aromatic carboxylic acids is 1. The van der Waals surface area contributed by atoms with Gasteiger partial charge in [-0.1, -0.05) is 42.1 Å². The average Bonchev–Trinajstić information content (AvgIpc) is 2.89. The van der Waals surface area contributed by atoms with Gasteiger partial charge in [-0.25, -0.2) is 4.79 Å². The number of thioether (sulfide) groups is 1. The molecule has 136 valence electrons. The van der Waals surface area contributed by atoms with Gasteiger partial charge in [0.2, 0.25) is 0 Å². The second kappa shape index (κ2) is 7.60. The number of thiocarbonyl (C=S) groups is 1. The highest BCUT2D eigenvalue weighted by atomic mass is 32.2. The van der Waals surface area contributed by atoms with Gasteiger partial charge < -0.3 is 10.2 Å². The summed E-state index contributed by atoms with van der Waals surface area (Å²) in [6.45, 7) is 0. The van der Waals surface area contributed by atoms with Crippen LogP contribution in [0.5, 0.6) is 5.75 Å². The van der Waals surface area contributed by atoms with Crippen molar-refractivity contribution in [2.75, 3.05) is 0 Å². The SMILES string of the molecule is O=C(O)c1ccc(/C=C2/SC(=S)N(NC(=O)c3cccc([O-])c3)C2=O)cc1. The first-order valence-corrected chi connectivity index (χ1v) is 8.77. The van der Waals surface area contributed by atoms with Gasteiger partial charge in [0.15, 0.2) is 4.32 Å². The summed E-state index contributed by atoms with van der Waals surface area (Å²) < 4.78 is 0.139. The van der Waals surface area contributed by atoms with Crippen molar-refractivity contribution in [2.45, 2.75) is 0 Å². The van der Waals surface area contributed by atoms with Crippen LogP contribution in [-0.4, -0.2) is 32.2 Å². The third-order valence-electron chi connectivity index (χ3n) is 3.56. The lowest BCUT2D eigenvalue weighted by Gasteiger charge is -2.16. The van der Waals surface area contributed by atoms with Crippen molar-refractivity contribution in [1.29, 1.82) is 0 Å². The predicted octanol–water partition coefficient (Wildman–Crippen LogP) is 2.00. The molecule has 7 nitrogen and oxygen atoms in total. The number of carbonyl (C=O) groups is 3. The highest BCUT2D eigenvalue weighted by molar-refractivity contribution is 8.26. The lowest BCUT2D eigenvalue weighted by molar-refractivity contribution is -0.268. The van der Waals surface area contributed by atoms with E-state index in [1.807, 2.05) is 0 Å². The molecule has 2 amide bonds. The summed E-state index contributed by atoms with van der Waals surface area (Å²) in [5.41, 5.74) is 3.25. The Bertz CT molecular complexity index is 986. The van der Waals surface area contributed by atoms with Gasteiger partial charge in [-0.2, -0.15) is 5.01 Å². The third-order valence-corrected chi connectivity index (χ3v) is 4.86. The fourth-order valence-electron chi connectivity index (χ4n) is 2.24. The lowest BCUT2D eigenvalue weighted by atomic mass is 10.1. The molecule has 2 N–H and O–H groups in total. The maximum absolute atomic E-state index is 12.5. The Morgan fingerprint density at radius 2 is 1.85 bits per heavy atom. The van der Waals surface area contributed by atoms with E-state index in [0.717, 1.165) is 22.8 Å². The Morgan fingerprint density at radius 1 is 1.15 bits per heavy atom. The van der Waals surface area contributed by atoms with Crippen LogP contribution in [0.3, 0.4) is 0 Å². The van der Waals surface area contributed by atoms with Crippen molar-refractivity contribution < 1.29 is 24.6 Å². The molecule has 0 unspecified atom stereocenters. The summed E-state index contributed by atoms with van der Waals surface area (Å²) in [6, 6.07) is 11.3. The smallest absolute Gasteiger partial charge is 0.335 e. The fraction of sp³-hybridized carbons (Fsp3) is 0. The third kappa shape index (κ3) is 4.15. The number of amides is 2. The van der Waals surface area contributed by atoms with E-state index in [1.165, 1.54) is 30.3 Å². The van der Waals surface area contributed by atoms with Crippen LogP contribution in [0.25, 0.3) is 6.08 Å². The minimum Gasteiger partial charge on any atom is -0.872 e. The number of hydrogen-bond acceptors (Lipinski definition) is 6. The zero-order valence-electron chi connectivity index (χ0n) is 13.5. The second-order valence-electron chi connectivity index (χ2n) is 5.41. The Hall–Kier alpha value is -3.17. The van der Waals surface area contributed by atoms with E-state index < -0.39 is 17.8 Å². The largest absolute Gasteiger partial charge is 0.872 e. The predicted molar refractivity (Wildman–Crippen MR) is 102 cm³/mol. The Kier molecular flexibility index (Phi) is 5.24. The van der Waals surface area contributed by atoms with E-state index in [0.29, 0.717) is 5.56 Å². The molecule has 1 saturated heterocycles. The first-order valence-electron chi connectivity index (χ1n) is 7.54. The van der Waals surface area contributed by atoms with Gasteiger partial charge in [0.25, 0.3) is 11.8 Å². The first-order chi connectivity index (χ1) is 12.8. The van der Waals surface area contributed by atoms with Gasteiger partial charge >= 0.3 is 5.97 Å². The monoisotopic (exact) mass is 399 g/mol. The van der Waals surface area contributed by atoms with Crippen LogP contribution in [-0.2, 0) is 4.79 Å². The Morgan fingerprint density at radius 3 is 2.48 bits per heavy atom. The van der Waals surface area contributed by atoms with Crippen molar-refractivity contribution in [3.63, 3.8) is 0 Å². The van der Waals surface area contributed by atoms with E-state index in [-0.39, 0.29) is 26.1 Å². The van der Waals surface area contributed by atoms with Gasteiger partial charge in [-0.15, -0.1) is 5.75 Å². The fourth-order valence-corrected chi connectivity index (χ4v) is 3.42. The molecule has 0 saturated carbocycles. The molecule has 0 radical (unpaired) electrons. The second-order valence-corrected chi connectivity index (χ2v) is 7.09. The molecule has 27 heavy (non-hydrogen) atoms. The number of carbonyl (C=O) groups excluding carboxylic acids is 2. The summed E-state index contributed by atoms with van der Waals surface area (Å²) in [6.07, 6.45) is 1.55. The number of rotatable bonds is 4. The number of nitrogens with zero attached hydrogens (tertiary/aromatic N) is 1. The lowest BCUT2D eigenvalue weighted by Crippen LogP contribution is -2.44. The van der Waals surface area contributed by atoms with Crippen molar-refractivity contribution in [1.82, 2.24) is 10.4 Å². The zero-order valence-corrected chi connectivity index (χ0v) is 15.2. The quantitative estimate of drug-likeness (QED) is 0.598. The minimum absolute atomic E-state index is 0.116. The molecule has 0 spiro atoms. The van der Waals surface area contributed by atoms with Crippen molar-refractivity contribution in [2.24, 2.45) is 0 Å². The average molecular weight is 399 g/mol. The van der Waals surface area contributed by atoms with Crippen LogP contribution in [0.1, 0.15) is 26.3 Å². The van der Waals surface area contributed by atoms with E-state index in [2.05, 4.69) is 5.43 Å². The van der Waals surface area contributed by atoms with Crippen molar-refractivity contribution >= 4 is 52.2 Å². The van der Waals surface area contributed by atoms with Crippen LogP contribution in [0.2, 0.25) is 0 Å². The molecule has 2 aromatic carbocycles. The standard InChI is InChI=1S/C18H12N2O5S2/c21-13-3-1-2-12(9-13)15(22)19-20-16(23)14(27-18(20)26)8-10-4-6-11(7-5-10)17(24)25/h1-9,21H,(H,19,22)(H,24,25)/p-1/b14-8+. The van der Waals surface area contributed by atoms with Crippen LogP contribution in [0, 0.1) is 0 Å². The zero-order chi connectivity index (χ0) is 19.6. The normalized spacial score (nSPS) is 15.3. The van der Waals surface area contributed by atoms with Crippen LogP contribution < -0.4 is 10.5 Å². The molecule has 0 atom stereocenters. The molecule has 9 heteroatoms. The number of carboxylic acids is 1. The van der Waals surface area contributed by atoms with Crippen LogP contribution in [0.4, 0.5) is 0 Å². The van der Waals surface area contributed by atoms with Gasteiger partial charge in [0.05, 0.1) is 10.5 Å². The van der Waals surface area contributed by atoms with Gasteiger partial charge in [0.1, 0.15) is 0 Å². The number of nitrogens with one attached hydrogen (secondary N) is 1. The number of benzene rings is 2. The summed E-state index contributed by atoms with van der Waals surface area (Å²) in [7, 11) is 0. The Balaban J connectivity index is 1.76.